The second kappa shape index (κ2) is 10.6. The molecule has 6 heteroatoms. The molecule has 4 rings (SSSR count). The van der Waals surface area contributed by atoms with Gasteiger partial charge in [0.1, 0.15) is 0 Å². The third-order valence-corrected chi connectivity index (χ3v) is 6.49. The average molecular weight is 408 g/mol. The van der Waals surface area contributed by atoms with Crippen LogP contribution in [0.3, 0.4) is 0 Å². The molecular formula is C24H33N5O. The number of likely N-dealkylation sites (tertiary alicyclic amines) is 2. The summed E-state index contributed by atoms with van der Waals surface area (Å²) >= 11 is 0. The molecule has 160 valence electrons. The predicted octanol–water partition coefficient (Wildman–Crippen LogP) is 2.51. The van der Waals surface area contributed by atoms with Crippen LogP contribution in [0.5, 0.6) is 0 Å². The average Bonchev–Trinajstić information content (AvgIpc) is 2.81. The van der Waals surface area contributed by atoms with E-state index < -0.39 is 0 Å². The highest BCUT2D eigenvalue weighted by Crippen LogP contribution is 2.24. The molecular weight excluding hydrogens is 374 g/mol. The number of hydrogen-bond donors (Lipinski definition) is 1. The molecule has 2 aromatic heterocycles. The fourth-order valence-electron chi connectivity index (χ4n) is 4.76. The Morgan fingerprint density at radius 2 is 1.83 bits per heavy atom. The van der Waals surface area contributed by atoms with Crippen LogP contribution >= 0.6 is 0 Å². The third kappa shape index (κ3) is 5.86. The lowest BCUT2D eigenvalue weighted by Gasteiger charge is -2.42. The number of nitrogens with zero attached hydrogens (tertiary/aromatic N) is 4. The lowest BCUT2D eigenvalue weighted by molar-refractivity contribution is -0.127. The van der Waals surface area contributed by atoms with E-state index in [0.717, 1.165) is 52.0 Å². The van der Waals surface area contributed by atoms with Crippen molar-refractivity contribution in [2.24, 2.45) is 5.92 Å². The fourth-order valence-corrected chi connectivity index (χ4v) is 4.76. The summed E-state index contributed by atoms with van der Waals surface area (Å²) in [7, 11) is 0. The van der Waals surface area contributed by atoms with Gasteiger partial charge in [0.05, 0.1) is 5.92 Å². The molecule has 0 bridgehead atoms. The first-order valence-corrected chi connectivity index (χ1v) is 11.3. The maximum atomic E-state index is 12.7. The van der Waals surface area contributed by atoms with Gasteiger partial charge in [-0.2, -0.15) is 0 Å². The Labute approximate surface area is 179 Å². The number of amides is 1. The first-order chi connectivity index (χ1) is 14.8. The summed E-state index contributed by atoms with van der Waals surface area (Å²) in [6.07, 6.45) is 12.8. The van der Waals surface area contributed by atoms with Gasteiger partial charge in [0.25, 0.3) is 0 Å². The molecule has 0 spiro atoms. The second-order valence-electron chi connectivity index (χ2n) is 8.60. The Balaban J connectivity index is 1.20. The van der Waals surface area contributed by atoms with E-state index in [9.17, 15) is 4.79 Å². The van der Waals surface area contributed by atoms with Gasteiger partial charge in [-0.05, 0) is 81.1 Å². The lowest BCUT2D eigenvalue weighted by Crippen LogP contribution is -2.50. The smallest absolute Gasteiger partial charge is 0.224 e. The first-order valence-electron chi connectivity index (χ1n) is 11.3. The summed E-state index contributed by atoms with van der Waals surface area (Å²) in [6.45, 7) is 6.00. The zero-order valence-electron chi connectivity index (χ0n) is 17.7. The number of carbonyl (C=O) groups is 1. The van der Waals surface area contributed by atoms with Crippen LogP contribution in [0.1, 0.15) is 36.8 Å². The molecule has 2 aliphatic heterocycles. The molecule has 1 atom stereocenters. The van der Waals surface area contributed by atoms with Gasteiger partial charge in [0.15, 0.2) is 0 Å². The third-order valence-electron chi connectivity index (χ3n) is 6.49. The van der Waals surface area contributed by atoms with Crippen molar-refractivity contribution in [3.63, 3.8) is 0 Å². The van der Waals surface area contributed by atoms with Gasteiger partial charge in [-0.15, -0.1) is 0 Å². The summed E-state index contributed by atoms with van der Waals surface area (Å²) in [5.74, 6) is 0.348. The van der Waals surface area contributed by atoms with E-state index in [2.05, 4.69) is 43.3 Å². The van der Waals surface area contributed by atoms with E-state index in [1.165, 1.54) is 24.0 Å². The van der Waals surface area contributed by atoms with Crippen molar-refractivity contribution in [2.75, 3.05) is 32.7 Å². The van der Waals surface area contributed by atoms with Crippen LogP contribution in [-0.2, 0) is 17.8 Å². The zero-order chi connectivity index (χ0) is 20.6. The highest BCUT2D eigenvalue weighted by atomic mass is 16.1. The Bertz CT molecular complexity index is 777. The van der Waals surface area contributed by atoms with Crippen molar-refractivity contribution in [2.45, 2.75) is 44.7 Å². The minimum absolute atomic E-state index is 0.127. The highest BCUT2D eigenvalue weighted by Gasteiger charge is 2.31. The van der Waals surface area contributed by atoms with Crippen molar-refractivity contribution >= 4 is 5.91 Å². The van der Waals surface area contributed by atoms with Crippen LogP contribution in [0, 0.1) is 5.92 Å². The van der Waals surface area contributed by atoms with Crippen molar-refractivity contribution in [1.82, 2.24) is 25.1 Å². The zero-order valence-corrected chi connectivity index (χ0v) is 17.7. The molecule has 2 aromatic rings. The summed E-state index contributed by atoms with van der Waals surface area (Å²) in [5, 5.41) is 3.15. The van der Waals surface area contributed by atoms with Gasteiger partial charge < -0.3 is 5.32 Å². The van der Waals surface area contributed by atoms with Crippen LogP contribution in [0.15, 0.2) is 49.1 Å². The molecule has 0 aliphatic carbocycles. The van der Waals surface area contributed by atoms with E-state index in [-0.39, 0.29) is 11.8 Å². The number of hydrogen-bond acceptors (Lipinski definition) is 5. The maximum absolute atomic E-state index is 12.7. The first kappa shape index (κ1) is 20.9. The Morgan fingerprint density at radius 1 is 1.00 bits per heavy atom. The Kier molecular flexibility index (Phi) is 7.43. The number of pyridine rings is 2. The van der Waals surface area contributed by atoms with Crippen molar-refractivity contribution < 1.29 is 4.79 Å². The molecule has 0 saturated carbocycles. The van der Waals surface area contributed by atoms with Crippen LogP contribution in [0.2, 0.25) is 0 Å². The van der Waals surface area contributed by atoms with Crippen LogP contribution in [0.25, 0.3) is 0 Å². The van der Waals surface area contributed by atoms with E-state index in [4.69, 9.17) is 0 Å². The summed E-state index contributed by atoms with van der Waals surface area (Å²) in [6, 6.07) is 8.83. The van der Waals surface area contributed by atoms with Gasteiger partial charge in [-0.3, -0.25) is 24.6 Å². The molecule has 4 heterocycles. The molecule has 6 nitrogen and oxygen atoms in total. The topological polar surface area (TPSA) is 61.4 Å². The summed E-state index contributed by atoms with van der Waals surface area (Å²) in [4.78, 5) is 26.1. The largest absolute Gasteiger partial charge is 0.355 e. The standard InChI is InChI=1S/C24H33N5O/c30-24(27-13-7-20-3-1-10-26-17-20)22-4-2-14-29(19-22)23-8-15-28(16-9-23)18-21-5-11-25-12-6-21/h1,3,5-6,10-12,17,22-23H,2,4,7-9,13-16,18-19H2,(H,27,30). The van der Waals surface area contributed by atoms with Crippen LogP contribution < -0.4 is 5.32 Å². The molecule has 0 aromatic carbocycles. The van der Waals surface area contributed by atoms with Gasteiger partial charge in [-0.1, -0.05) is 6.07 Å². The second-order valence-corrected chi connectivity index (χ2v) is 8.60. The normalized spacial score (nSPS) is 21.4. The Morgan fingerprint density at radius 3 is 2.60 bits per heavy atom. The predicted molar refractivity (Wildman–Crippen MR) is 118 cm³/mol. The number of nitrogens with one attached hydrogen (secondary N) is 1. The van der Waals surface area contributed by atoms with Gasteiger partial charge >= 0.3 is 0 Å². The monoisotopic (exact) mass is 407 g/mol. The molecule has 2 aliphatic rings. The highest BCUT2D eigenvalue weighted by molar-refractivity contribution is 5.79. The van der Waals surface area contributed by atoms with E-state index in [1.807, 2.05) is 24.7 Å². The molecule has 1 N–H and O–H groups in total. The minimum Gasteiger partial charge on any atom is -0.355 e. The van der Waals surface area contributed by atoms with Gasteiger partial charge in [0, 0.05) is 50.5 Å². The lowest BCUT2D eigenvalue weighted by atomic mass is 9.93. The molecule has 2 fully saturated rings. The van der Waals surface area contributed by atoms with Crippen LogP contribution in [-0.4, -0.2) is 64.4 Å². The van der Waals surface area contributed by atoms with Gasteiger partial charge in [-0.25, -0.2) is 0 Å². The van der Waals surface area contributed by atoms with Crippen molar-refractivity contribution in [3.05, 3.63) is 60.2 Å². The number of piperidine rings is 2. The SMILES string of the molecule is O=C(NCCc1cccnc1)C1CCCN(C2CCN(Cc3ccncc3)CC2)C1. The van der Waals surface area contributed by atoms with E-state index in [0.29, 0.717) is 12.6 Å². The van der Waals surface area contributed by atoms with Gasteiger partial charge in [0.2, 0.25) is 5.91 Å². The molecule has 0 radical (unpaired) electrons. The summed E-state index contributed by atoms with van der Waals surface area (Å²) < 4.78 is 0. The number of rotatable bonds is 7. The Hall–Kier alpha value is -2.31. The molecule has 1 unspecified atom stereocenters. The minimum atomic E-state index is 0.127. The number of carbonyl (C=O) groups excluding carboxylic acids is 1. The quantitative estimate of drug-likeness (QED) is 0.764. The maximum Gasteiger partial charge on any atom is 0.224 e. The fraction of sp³-hybridized carbons (Fsp3) is 0.542. The van der Waals surface area contributed by atoms with E-state index in [1.54, 1.807) is 6.20 Å². The molecule has 2 saturated heterocycles. The van der Waals surface area contributed by atoms with Crippen LogP contribution in [0.4, 0.5) is 0 Å². The molecule has 30 heavy (non-hydrogen) atoms. The summed E-state index contributed by atoms with van der Waals surface area (Å²) in [5.41, 5.74) is 2.51. The van der Waals surface area contributed by atoms with Crippen molar-refractivity contribution in [3.8, 4) is 0 Å². The van der Waals surface area contributed by atoms with E-state index >= 15 is 0 Å². The number of aromatic nitrogens is 2. The molecule has 1 amide bonds. The van der Waals surface area contributed by atoms with Crippen molar-refractivity contribution in [1.29, 1.82) is 0 Å².